The average Bonchev–Trinajstić information content (AvgIpc) is 2.73. The summed E-state index contributed by atoms with van der Waals surface area (Å²) in [7, 11) is 1.43. The van der Waals surface area contributed by atoms with Gasteiger partial charge in [-0.1, -0.05) is 0 Å². The zero-order valence-electron chi connectivity index (χ0n) is 11.1. The average molecular weight is 300 g/mol. The van der Waals surface area contributed by atoms with Crippen LogP contribution in [-0.2, 0) is 4.74 Å². The summed E-state index contributed by atoms with van der Waals surface area (Å²) in [5.74, 6) is 0. The number of amides is 2. The molecule has 0 saturated carbocycles. The normalized spacial score (nSPS) is 28.3. The molecule has 116 valence electrons. The fourth-order valence-electron chi connectivity index (χ4n) is 2.04. The number of nitrogens with zero attached hydrogens (tertiary/aromatic N) is 1. The van der Waals surface area contributed by atoms with Gasteiger partial charge in [0.2, 0.25) is 0 Å². The second kappa shape index (κ2) is 6.08. The first-order chi connectivity index (χ1) is 9.93. The monoisotopic (exact) mass is 300 g/mol. The number of hydrogen-bond acceptors (Lipinski definition) is 6. The molecule has 5 N–H and O–H groups in total. The van der Waals surface area contributed by atoms with Crippen LogP contribution in [-0.4, -0.2) is 57.7 Å². The Kier molecular flexibility index (Phi) is 4.40. The standard InChI is InChI=1S/C11H16N4O6/c1-12-10(19)13-4-5-7(17)8(18)9(21-5)15-3-2-6(16)14-11(15)20/h2-3,5,7-9,17-18H,4H2,1H3,(H2,12,13,19)(H,14,16,20)/t5-,7+,8?,9-/m1/s1. The zero-order valence-corrected chi connectivity index (χ0v) is 11.1. The van der Waals surface area contributed by atoms with E-state index in [1.165, 1.54) is 7.05 Å². The van der Waals surface area contributed by atoms with E-state index in [0.29, 0.717) is 0 Å². The number of hydrogen-bond donors (Lipinski definition) is 5. The summed E-state index contributed by atoms with van der Waals surface area (Å²) in [5, 5.41) is 24.6. The summed E-state index contributed by atoms with van der Waals surface area (Å²) in [6.07, 6.45) is -3.53. The number of rotatable bonds is 3. The highest BCUT2D eigenvalue weighted by Gasteiger charge is 2.44. The van der Waals surface area contributed by atoms with Crippen LogP contribution < -0.4 is 21.9 Å². The van der Waals surface area contributed by atoms with E-state index in [-0.39, 0.29) is 6.54 Å². The van der Waals surface area contributed by atoms with E-state index in [9.17, 15) is 24.6 Å². The van der Waals surface area contributed by atoms with Crippen molar-refractivity contribution in [3.05, 3.63) is 33.1 Å². The van der Waals surface area contributed by atoms with E-state index in [4.69, 9.17) is 4.74 Å². The maximum absolute atomic E-state index is 11.7. The molecule has 0 spiro atoms. The molecule has 0 aliphatic carbocycles. The quantitative estimate of drug-likeness (QED) is 0.404. The Labute approximate surface area is 118 Å². The summed E-state index contributed by atoms with van der Waals surface area (Å²) < 4.78 is 6.35. The fraction of sp³-hybridized carbons (Fsp3) is 0.545. The molecule has 1 unspecified atom stereocenters. The second-order valence-electron chi connectivity index (χ2n) is 4.52. The Bertz CT molecular complexity index is 626. The fourth-order valence-corrected chi connectivity index (χ4v) is 2.04. The second-order valence-corrected chi connectivity index (χ2v) is 4.52. The Morgan fingerprint density at radius 2 is 2.14 bits per heavy atom. The Morgan fingerprint density at radius 1 is 1.43 bits per heavy atom. The highest BCUT2D eigenvalue weighted by Crippen LogP contribution is 2.27. The third-order valence-corrected chi connectivity index (χ3v) is 3.15. The minimum absolute atomic E-state index is 0.0491. The molecule has 1 aliphatic rings. The largest absolute Gasteiger partial charge is 0.387 e. The van der Waals surface area contributed by atoms with Gasteiger partial charge < -0.3 is 25.6 Å². The van der Waals surface area contributed by atoms with E-state index in [0.717, 1.165) is 16.8 Å². The van der Waals surface area contributed by atoms with Crippen molar-refractivity contribution in [2.75, 3.05) is 13.6 Å². The van der Waals surface area contributed by atoms with E-state index in [1.54, 1.807) is 0 Å². The molecule has 2 rings (SSSR count). The van der Waals surface area contributed by atoms with Crippen LogP contribution in [0.4, 0.5) is 4.79 Å². The molecule has 21 heavy (non-hydrogen) atoms. The number of H-pyrrole nitrogens is 1. The van der Waals surface area contributed by atoms with Crippen LogP contribution in [0.2, 0.25) is 0 Å². The lowest BCUT2D eigenvalue weighted by atomic mass is 10.1. The molecule has 1 aromatic heterocycles. The van der Waals surface area contributed by atoms with Gasteiger partial charge in [0.05, 0.1) is 0 Å². The summed E-state index contributed by atoms with van der Waals surface area (Å²) in [6.45, 7) is -0.0491. The van der Waals surface area contributed by atoms with E-state index < -0.39 is 41.8 Å². The van der Waals surface area contributed by atoms with Crippen LogP contribution in [0.5, 0.6) is 0 Å². The van der Waals surface area contributed by atoms with Gasteiger partial charge in [0.25, 0.3) is 5.56 Å². The first kappa shape index (κ1) is 15.2. The van der Waals surface area contributed by atoms with Crippen molar-refractivity contribution in [3.63, 3.8) is 0 Å². The summed E-state index contributed by atoms with van der Waals surface area (Å²) in [6, 6.07) is 0.630. The minimum Gasteiger partial charge on any atom is -0.387 e. The van der Waals surface area contributed by atoms with Crippen LogP contribution in [0.25, 0.3) is 0 Å². The molecule has 2 amide bonds. The number of aromatic nitrogens is 2. The number of aromatic amines is 1. The molecule has 0 radical (unpaired) electrons. The van der Waals surface area contributed by atoms with Gasteiger partial charge in [-0.2, -0.15) is 0 Å². The van der Waals surface area contributed by atoms with Crippen LogP contribution in [0, 0.1) is 0 Å². The van der Waals surface area contributed by atoms with E-state index in [1.807, 2.05) is 4.98 Å². The topological polar surface area (TPSA) is 146 Å². The molecule has 1 saturated heterocycles. The van der Waals surface area contributed by atoms with Crippen molar-refractivity contribution < 1.29 is 19.7 Å². The molecule has 10 heteroatoms. The van der Waals surface area contributed by atoms with Gasteiger partial charge in [0.1, 0.15) is 18.3 Å². The molecule has 4 atom stereocenters. The van der Waals surface area contributed by atoms with Crippen LogP contribution in [0.3, 0.4) is 0 Å². The molecule has 10 nitrogen and oxygen atoms in total. The van der Waals surface area contributed by atoms with Crippen molar-refractivity contribution in [2.45, 2.75) is 24.5 Å². The lowest BCUT2D eigenvalue weighted by Crippen LogP contribution is -2.42. The molecule has 2 heterocycles. The number of urea groups is 1. The predicted molar refractivity (Wildman–Crippen MR) is 69.7 cm³/mol. The molecule has 1 fully saturated rings. The van der Waals surface area contributed by atoms with Crippen molar-refractivity contribution in [1.29, 1.82) is 0 Å². The van der Waals surface area contributed by atoms with Crippen molar-refractivity contribution in [2.24, 2.45) is 0 Å². The number of aliphatic hydroxyl groups excluding tert-OH is 2. The van der Waals surface area contributed by atoms with Crippen molar-refractivity contribution in [3.8, 4) is 0 Å². The van der Waals surface area contributed by atoms with Crippen LogP contribution in [0.15, 0.2) is 21.9 Å². The van der Waals surface area contributed by atoms with Gasteiger partial charge >= 0.3 is 11.7 Å². The zero-order chi connectivity index (χ0) is 15.6. The minimum atomic E-state index is -1.37. The number of ether oxygens (including phenoxy) is 1. The molecule has 1 aliphatic heterocycles. The van der Waals surface area contributed by atoms with Gasteiger partial charge in [0.15, 0.2) is 6.23 Å². The van der Waals surface area contributed by atoms with Crippen molar-refractivity contribution >= 4 is 6.03 Å². The smallest absolute Gasteiger partial charge is 0.330 e. The van der Waals surface area contributed by atoms with Crippen molar-refractivity contribution in [1.82, 2.24) is 20.2 Å². The predicted octanol–water partition coefficient (Wildman–Crippen LogP) is -2.92. The van der Waals surface area contributed by atoms with E-state index >= 15 is 0 Å². The summed E-state index contributed by atoms with van der Waals surface area (Å²) >= 11 is 0. The SMILES string of the molecule is CNC(=O)NC[C@H]1O[C@@H](n2ccc(=O)[nH]c2=O)C(O)[C@H]1O. The van der Waals surface area contributed by atoms with Gasteiger partial charge in [-0.3, -0.25) is 14.3 Å². The highest BCUT2D eigenvalue weighted by molar-refractivity contribution is 5.73. The van der Waals surface area contributed by atoms with Gasteiger partial charge in [0, 0.05) is 25.9 Å². The first-order valence-corrected chi connectivity index (χ1v) is 6.22. The van der Waals surface area contributed by atoms with Crippen LogP contribution in [0.1, 0.15) is 6.23 Å². The third kappa shape index (κ3) is 3.12. The number of nitrogens with one attached hydrogen (secondary N) is 3. The Hall–Kier alpha value is -2.17. The lowest BCUT2D eigenvalue weighted by molar-refractivity contribution is -0.0385. The Morgan fingerprint density at radius 3 is 2.76 bits per heavy atom. The molecule has 0 bridgehead atoms. The maximum Gasteiger partial charge on any atom is 0.330 e. The highest BCUT2D eigenvalue weighted by atomic mass is 16.6. The van der Waals surface area contributed by atoms with E-state index in [2.05, 4.69) is 10.6 Å². The summed E-state index contributed by atoms with van der Waals surface area (Å²) in [5.41, 5.74) is -1.35. The number of aliphatic hydroxyl groups is 2. The third-order valence-electron chi connectivity index (χ3n) is 3.15. The molecule has 1 aromatic rings. The molecular formula is C11H16N4O6. The van der Waals surface area contributed by atoms with Gasteiger partial charge in [-0.15, -0.1) is 0 Å². The van der Waals surface area contributed by atoms with Gasteiger partial charge in [-0.05, 0) is 0 Å². The molecular weight excluding hydrogens is 284 g/mol. The maximum atomic E-state index is 11.7. The van der Waals surface area contributed by atoms with Crippen LogP contribution >= 0.6 is 0 Å². The lowest BCUT2D eigenvalue weighted by Gasteiger charge is -2.16. The first-order valence-electron chi connectivity index (χ1n) is 6.22. The number of carbonyl (C=O) groups excluding carboxylic acids is 1. The van der Waals surface area contributed by atoms with Gasteiger partial charge in [-0.25, -0.2) is 9.59 Å². The number of carbonyl (C=O) groups is 1. The molecule has 0 aromatic carbocycles. The summed E-state index contributed by atoms with van der Waals surface area (Å²) in [4.78, 5) is 35.8. The Balaban J connectivity index is 2.14.